The fraction of sp³-hybridized carbons (Fsp3) is 0.375. The lowest BCUT2D eigenvalue weighted by Gasteiger charge is -2.18. The van der Waals surface area contributed by atoms with Gasteiger partial charge < -0.3 is 19.8 Å². The Balaban J connectivity index is 1.35. The van der Waals surface area contributed by atoms with Crippen molar-refractivity contribution in [1.82, 2.24) is 30.0 Å². The molecule has 0 saturated heterocycles. The molecule has 0 bridgehead atoms. The lowest BCUT2D eigenvalue weighted by Crippen LogP contribution is -2.40. The SMILES string of the molecule is CCc1nncn1CCNC(=NCCCn1ccc2ccccc21)NC(C)c1cccs1. The van der Waals surface area contributed by atoms with E-state index >= 15 is 0 Å². The third-order valence-corrected chi connectivity index (χ3v) is 6.54. The lowest BCUT2D eigenvalue weighted by atomic mass is 10.2. The summed E-state index contributed by atoms with van der Waals surface area (Å²) in [4.78, 5) is 6.16. The van der Waals surface area contributed by atoms with Crippen LogP contribution in [0.1, 0.15) is 37.0 Å². The summed E-state index contributed by atoms with van der Waals surface area (Å²) in [6.07, 6.45) is 5.81. The number of hydrogen-bond donors (Lipinski definition) is 2. The van der Waals surface area contributed by atoms with Crippen molar-refractivity contribution < 1.29 is 0 Å². The van der Waals surface area contributed by atoms with Gasteiger partial charge in [0.05, 0.1) is 6.04 Å². The fourth-order valence-corrected chi connectivity index (χ4v) is 4.50. The Bertz CT molecular complexity index is 1130. The van der Waals surface area contributed by atoms with Crippen LogP contribution in [-0.2, 0) is 19.5 Å². The second-order valence-corrected chi connectivity index (χ2v) is 8.73. The summed E-state index contributed by atoms with van der Waals surface area (Å²) >= 11 is 1.76. The molecule has 4 rings (SSSR count). The molecule has 3 aromatic heterocycles. The highest BCUT2D eigenvalue weighted by atomic mass is 32.1. The van der Waals surface area contributed by atoms with E-state index in [4.69, 9.17) is 4.99 Å². The molecular weight excluding hydrogens is 418 g/mol. The van der Waals surface area contributed by atoms with Crippen LogP contribution in [0.15, 0.2) is 65.4 Å². The first kappa shape index (κ1) is 22.1. The number of aromatic nitrogens is 4. The number of thiophene rings is 1. The van der Waals surface area contributed by atoms with Gasteiger partial charge in [0.2, 0.25) is 0 Å². The Kier molecular flexibility index (Phi) is 7.55. The highest BCUT2D eigenvalue weighted by molar-refractivity contribution is 7.10. The number of aliphatic imine (C=N–C) groups is 1. The Hall–Kier alpha value is -3.13. The molecule has 7 nitrogen and oxygen atoms in total. The first-order chi connectivity index (χ1) is 15.7. The Labute approximate surface area is 193 Å². The van der Waals surface area contributed by atoms with E-state index in [1.165, 1.54) is 15.8 Å². The first-order valence-corrected chi connectivity index (χ1v) is 12.1. The summed E-state index contributed by atoms with van der Waals surface area (Å²) in [6.45, 7) is 7.54. The molecule has 0 amide bonds. The molecule has 0 aliphatic heterocycles. The third kappa shape index (κ3) is 5.56. The molecule has 32 heavy (non-hydrogen) atoms. The van der Waals surface area contributed by atoms with Gasteiger partial charge in [-0.05, 0) is 42.3 Å². The van der Waals surface area contributed by atoms with Crippen molar-refractivity contribution in [2.24, 2.45) is 4.99 Å². The van der Waals surface area contributed by atoms with Crippen molar-refractivity contribution in [3.8, 4) is 0 Å². The van der Waals surface area contributed by atoms with Crippen molar-refractivity contribution in [3.63, 3.8) is 0 Å². The molecule has 0 fully saturated rings. The minimum atomic E-state index is 0.204. The second kappa shape index (κ2) is 10.9. The van der Waals surface area contributed by atoms with Gasteiger partial charge in [0.15, 0.2) is 5.96 Å². The van der Waals surface area contributed by atoms with Gasteiger partial charge in [-0.25, -0.2) is 0 Å². The minimum absolute atomic E-state index is 0.204. The highest BCUT2D eigenvalue weighted by Gasteiger charge is 2.09. The molecule has 0 aliphatic rings. The van der Waals surface area contributed by atoms with Crippen LogP contribution < -0.4 is 10.6 Å². The number of benzene rings is 1. The molecule has 0 saturated carbocycles. The van der Waals surface area contributed by atoms with Crippen LogP contribution in [0, 0.1) is 0 Å². The van der Waals surface area contributed by atoms with Crippen LogP contribution in [0.3, 0.4) is 0 Å². The Morgan fingerprint density at radius 2 is 2.03 bits per heavy atom. The zero-order valence-corrected chi connectivity index (χ0v) is 19.6. The highest BCUT2D eigenvalue weighted by Crippen LogP contribution is 2.18. The van der Waals surface area contributed by atoms with Crippen LogP contribution in [0.5, 0.6) is 0 Å². The largest absolute Gasteiger partial charge is 0.355 e. The lowest BCUT2D eigenvalue weighted by molar-refractivity contribution is 0.616. The predicted molar refractivity (Wildman–Crippen MR) is 132 cm³/mol. The molecule has 1 unspecified atom stereocenters. The van der Waals surface area contributed by atoms with Crippen molar-refractivity contribution >= 4 is 28.2 Å². The van der Waals surface area contributed by atoms with E-state index in [2.05, 4.69) is 97.9 Å². The standard InChI is InChI=1S/C24H31N7S/c1-3-23-29-27-18-31(23)16-13-26-24(28-19(2)22-10-6-17-32-22)25-12-7-14-30-15-11-20-8-4-5-9-21(20)30/h4-6,8-11,15,17-19H,3,7,12-14,16H2,1-2H3,(H2,25,26,28). The van der Waals surface area contributed by atoms with Crippen molar-refractivity contribution in [3.05, 3.63) is 71.1 Å². The number of fused-ring (bicyclic) bond motifs is 1. The van der Waals surface area contributed by atoms with Crippen LogP contribution in [-0.4, -0.2) is 38.4 Å². The summed E-state index contributed by atoms with van der Waals surface area (Å²) in [7, 11) is 0. The van der Waals surface area contributed by atoms with E-state index < -0.39 is 0 Å². The van der Waals surface area contributed by atoms with Crippen LogP contribution in [0.25, 0.3) is 10.9 Å². The van der Waals surface area contributed by atoms with Crippen LogP contribution in [0.4, 0.5) is 0 Å². The molecule has 0 spiro atoms. The maximum Gasteiger partial charge on any atom is 0.191 e. The summed E-state index contributed by atoms with van der Waals surface area (Å²) in [6, 6.07) is 15.1. The number of hydrogen-bond acceptors (Lipinski definition) is 4. The van der Waals surface area contributed by atoms with Gasteiger partial charge in [-0.2, -0.15) is 0 Å². The van der Waals surface area contributed by atoms with E-state index in [0.29, 0.717) is 0 Å². The molecule has 1 aromatic carbocycles. The Morgan fingerprint density at radius 1 is 1.12 bits per heavy atom. The molecule has 0 aliphatic carbocycles. The molecule has 1 atom stereocenters. The topological polar surface area (TPSA) is 72.1 Å². The summed E-state index contributed by atoms with van der Waals surface area (Å²) in [5, 5.41) is 18.6. The van der Waals surface area contributed by atoms with Gasteiger partial charge in [-0.15, -0.1) is 21.5 Å². The van der Waals surface area contributed by atoms with Crippen molar-refractivity contribution in [2.45, 2.75) is 45.8 Å². The van der Waals surface area contributed by atoms with E-state index in [-0.39, 0.29) is 6.04 Å². The van der Waals surface area contributed by atoms with Gasteiger partial charge in [0.1, 0.15) is 12.2 Å². The predicted octanol–water partition coefficient (Wildman–Crippen LogP) is 4.24. The van der Waals surface area contributed by atoms with Gasteiger partial charge in [0.25, 0.3) is 0 Å². The van der Waals surface area contributed by atoms with Gasteiger partial charge in [0, 0.05) is 49.2 Å². The monoisotopic (exact) mass is 449 g/mol. The molecule has 168 valence electrons. The molecule has 3 heterocycles. The first-order valence-electron chi connectivity index (χ1n) is 11.2. The molecule has 0 radical (unpaired) electrons. The number of guanidine groups is 1. The van der Waals surface area contributed by atoms with E-state index in [9.17, 15) is 0 Å². The van der Waals surface area contributed by atoms with Gasteiger partial charge >= 0.3 is 0 Å². The second-order valence-electron chi connectivity index (χ2n) is 7.75. The van der Waals surface area contributed by atoms with Gasteiger partial charge in [-0.1, -0.05) is 31.2 Å². The zero-order chi connectivity index (χ0) is 22.2. The summed E-state index contributed by atoms with van der Waals surface area (Å²) in [5.74, 6) is 1.85. The zero-order valence-electron chi connectivity index (χ0n) is 18.7. The summed E-state index contributed by atoms with van der Waals surface area (Å²) in [5.41, 5.74) is 1.28. The molecule has 8 heteroatoms. The van der Waals surface area contributed by atoms with E-state index in [0.717, 1.165) is 50.8 Å². The smallest absolute Gasteiger partial charge is 0.191 e. The molecular formula is C24H31N7S. The van der Waals surface area contributed by atoms with Gasteiger partial charge in [-0.3, -0.25) is 4.99 Å². The van der Waals surface area contributed by atoms with Crippen molar-refractivity contribution in [2.75, 3.05) is 13.1 Å². The maximum absolute atomic E-state index is 4.86. The van der Waals surface area contributed by atoms with E-state index in [1.54, 1.807) is 17.7 Å². The molecule has 4 aromatic rings. The Morgan fingerprint density at radius 3 is 2.88 bits per heavy atom. The fourth-order valence-electron chi connectivity index (χ4n) is 3.77. The van der Waals surface area contributed by atoms with E-state index in [1.807, 2.05) is 0 Å². The summed E-state index contributed by atoms with van der Waals surface area (Å²) < 4.78 is 4.39. The number of nitrogens with one attached hydrogen (secondary N) is 2. The normalized spacial score (nSPS) is 12.9. The van der Waals surface area contributed by atoms with Crippen LogP contribution >= 0.6 is 11.3 Å². The average molecular weight is 450 g/mol. The quantitative estimate of drug-likeness (QED) is 0.216. The van der Waals surface area contributed by atoms with Crippen LogP contribution in [0.2, 0.25) is 0 Å². The maximum atomic E-state index is 4.86. The number of aryl methyl sites for hydroxylation is 2. The molecule has 2 N–H and O–H groups in total. The minimum Gasteiger partial charge on any atom is -0.355 e. The number of nitrogens with zero attached hydrogens (tertiary/aromatic N) is 5. The third-order valence-electron chi connectivity index (χ3n) is 5.49. The average Bonchev–Trinajstić information content (AvgIpc) is 3.57. The number of rotatable bonds is 10. The van der Waals surface area contributed by atoms with Crippen molar-refractivity contribution in [1.29, 1.82) is 0 Å². The number of para-hydroxylation sites is 1.